The molecule has 2 saturated carbocycles. The number of hydrogen-bond donors (Lipinski definition) is 2. The van der Waals surface area contributed by atoms with Crippen molar-refractivity contribution in [1.82, 2.24) is 10.2 Å². The van der Waals surface area contributed by atoms with Gasteiger partial charge in [-0.2, -0.15) is 13.2 Å². The maximum atomic E-state index is 13.9. The molecule has 5 aliphatic rings. The fourth-order valence-electron chi connectivity index (χ4n) is 6.62. The Bertz CT molecular complexity index is 1420. The molecule has 0 spiro atoms. The van der Waals surface area contributed by atoms with Crippen LogP contribution in [0.15, 0.2) is 42.0 Å². The minimum atomic E-state index is -4.63. The van der Waals surface area contributed by atoms with Gasteiger partial charge < -0.3 is 34.3 Å². The number of halogens is 3. The fraction of sp³-hybridized carbons (Fsp3) is 0.576. The van der Waals surface area contributed by atoms with E-state index in [0.29, 0.717) is 30.5 Å². The highest BCUT2D eigenvalue weighted by atomic mass is 19.4. The number of esters is 2. The predicted molar refractivity (Wildman–Crippen MR) is 157 cm³/mol. The first-order valence-corrected chi connectivity index (χ1v) is 16.0. The Morgan fingerprint density at radius 2 is 1.74 bits per heavy atom. The first kappa shape index (κ1) is 33.2. The first-order chi connectivity index (χ1) is 22.5. The Morgan fingerprint density at radius 1 is 1.04 bits per heavy atom. The number of carbonyl (C=O) groups is 4. The highest BCUT2D eigenvalue weighted by molar-refractivity contribution is 5.98. The second-order valence-electron chi connectivity index (χ2n) is 12.6. The van der Waals surface area contributed by atoms with Gasteiger partial charge >= 0.3 is 18.1 Å². The first-order valence-electron chi connectivity index (χ1n) is 16.0. The van der Waals surface area contributed by atoms with Gasteiger partial charge in [0.2, 0.25) is 11.8 Å². The van der Waals surface area contributed by atoms with Crippen molar-refractivity contribution in [3.8, 4) is 0 Å². The maximum Gasteiger partial charge on any atom is 0.422 e. The highest BCUT2D eigenvalue weighted by Gasteiger charge is 2.64. The van der Waals surface area contributed by atoms with Crippen LogP contribution >= 0.6 is 0 Å². The van der Waals surface area contributed by atoms with Gasteiger partial charge in [-0.3, -0.25) is 9.59 Å². The summed E-state index contributed by atoms with van der Waals surface area (Å²) in [5.41, 5.74) is 0.985. The summed E-state index contributed by atoms with van der Waals surface area (Å²) in [6.45, 7) is -1.43. The molecule has 4 fully saturated rings. The largest absolute Gasteiger partial charge is 0.456 e. The van der Waals surface area contributed by atoms with Crippen molar-refractivity contribution in [2.45, 2.75) is 81.3 Å². The van der Waals surface area contributed by atoms with Gasteiger partial charge in [-0.25, -0.2) is 9.59 Å². The van der Waals surface area contributed by atoms with Gasteiger partial charge in [-0.05, 0) is 68.4 Å². The normalized spacial score (nSPS) is 26.9. The topological polar surface area (TPSA) is 141 Å². The number of aliphatic hydroxyl groups excluding tert-OH is 1. The van der Waals surface area contributed by atoms with Gasteiger partial charge in [0.1, 0.15) is 24.4 Å². The number of nitrogens with zero attached hydrogens (tertiary/aromatic N) is 1. The van der Waals surface area contributed by atoms with E-state index in [2.05, 4.69) is 10.1 Å². The summed E-state index contributed by atoms with van der Waals surface area (Å²) in [6, 6.07) is 5.23. The molecule has 2 aliphatic heterocycles. The highest BCUT2D eigenvalue weighted by Crippen LogP contribution is 2.59. The predicted octanol–water partition coefficient (Wildman–Crippen LogP) is 3.06. The number of carbonyl (C=O) groups excluding carboxylic acids is 4. The summed E-state index contributed by atoms with van der Waals surface area (Å²) >= 11 is 0. The summed E-state index contributed by atoms with van der Waals surface area (Å²) < 4.78 is 60.2. The van der Waals surface area contributed by atoms with Crippen LogP contribution in [0.4, 0.5) is 13.2 Å². The van der Waals surface area contributed by atoms with E-state index >= 15 is 0 Å². The minimum absolute atomic E-state index is 0.0584. The Kier molecular flexibility index (Phi) is 9.45. The van der Waals surface area contributed by atoms with Crippen molar-refractivity contribution in [1.29, 1.82) is 0 Å². The Labute approximate surface area is 269 Å². The Hall–Kier alpha value is -3.75. The van der Waals surface area contributed by atoms with Crippen LogP contribution in [0.2, 0.25) is 0 Å². The number of rotatable bonds is 11. The number of fused-ring (bicyclic) bond motifs is 1. The van der Waals surface area contributed by atoms with Crippen molar-refractivity contribution in [3.05, 3.63) is 53.1 Å². The van der Waals surface area contributed by atoms with E-state index in [1.54, 1.807) is 6.08 Å². The molecule has 6 rings (SSSR count). The molecule has 1 aromatic rings. The van der Waals surface area contributed by atoms with E-state index in [9.17, 15) is 32.3 Å². The molecule has 1 aromatic carbocycles. The number of nitrogens with one attached hydrogen (secondary N) is 1. The molecule has 2 amide bonds. The third-order valence-electron chi connectivity index (χ3n) is 9.11. The summed E-state index contributed by atoms with van der Waals surface area (Å²) in [7, 11) is 0. The summed E-state index contributed by atoms with van der Waals surface area (Å²) in [6.07, 6.45) is 2.19. The van der Waals surface area contributed by atoms with Gasteiger partial charge in [0, 0.05) is 43.0 Å². The van der Waals surface area contributed by atoms with Crippen molar-refractivity contribution >= 4 is 29.8 Å². The lowest BCUT2D eigenvalue weighted by Crippen LogP contribution is -2.49. The maximum absolute atomic E-state index is 13.9. The van der Waals surface area contributed by atoms with Crippen molar-refractivity contribution < 1.29 is 56.4 Å². The van der Waals surface area contributed by atoms with Gasteiger partial charge in [0.15, 0.2) is 12.4 Å². The van der Waals surface area contributed by atoms with Crippen LogP contribution < -0.4 is 5.32 Å². The average molecular weight is 663 g/mol. The number of amides is 2. The zero-order valence-corrected chi connectivity index (χ0v) is 25.6. The second kappa shape index (κ2) is 13.4. The number of alkyl halides is 3. The summed E-state index contributed by atoms with van der Waals surface area (Å²) in [5.74, 6) is -2.83. The molecule has 3 aliphatic carbocycles. The van der Waals surface area contributed by atoms with Crippen LogP contribution in [0, 0.1) is 11.8 Å². The van der Waals surface area contributed by atoms with Gasteiger partial charge in [0.05, 0.1) is 12.2 Å². The number of hydrogen-bond acceptors (Lipinski definition) is 9. The van der Waals surface area contributed by atoms with E-state index in [1.807, 2.05) is 0 Å². The molecule has 4 atom stereocenters. The van der Waals surface area contributed by atoms with Crippen LogP contribution in [0.1, 0.15) is 60.9 Å². The number of benzene rings is 1. The van der Waals surface area contributed by atoms with Crippen molar-refractivity contribution in [3.63, 3.8) is 0 Å². The molecule has 47 heavy (non-hydrogen) atoms. The zero-order valence-electron chi connectivity index (χ0n) is 25.6. The Morgan fingerprint density at radius 3 is 2.38 bits per heavy atom. The van der Waals surface area contributed by atoms with E-state index in [1.165, 1.54) is 35.2 Å². The van der Waals surface area contributed by atoms with E-state index < -0.39 is 54.9 Å². The molecule has 11 nitrogen and oxygen atoms in total. The fourth-order valence-corrected chi connectivity index (χ4v) is 6.62. The van der Waals surface area contributed by atoms with Crippen LogP contribution in [-0.2, 0) is 33.3 Å². The molecule has 2 heterocycles. The van der Waals surface area contributed by atoms with E-state index in [4.69, 9.17) is 19.3 Å². The quantitative estimate of drug-likeness (QED) is 0.270. The van der Waals surface area contributed by atoms with Crippen LogP contribution in [-0.4, -0.2) is 96.4 Å². The molecule has 0 bridgehead atoms. The molecule has 0 radical (unpaired) electrons. The molecule has 14 heteroatoms. The molecular weight excluding hydrogens is 625 g/mol. The number of ether oxygens (including phenoxy) is 4. The second-order valence-corrected chi connectivity index (χ2v) is 12.6. The number of aliphatic hydroxyl groups is 1. The van der Waals surface area contributed by atoms with Gasteiger partial charge in [-0.1, -0.05) is 12.1 Å². The SMILES string of the molecule is O=C(C=Cc1ccc(C(=O)O[C@@H]2CC(C(=O)N3CCC[C@@H]3C(=O)NCCO)=C[C@H]3OC(C4CC4)(C4CC4)O[C@H]32)cc1)OCC(F)(F)F. The molecule has 2 saturated heterocycles. The third kappa shape index (κ3) is 7.54. The van der Waals surface area contributed by atoms with Crippen LogP contribution in [0.3, 0.4) is 0 Å². The third-order valence-corrected chi connectivity index (χ3v) is 9.11. The minimum Gasteiger partial charge on any atom is -0.456 e. The molecule has 0 aromatic heterocycles. The molecule has 0 unspecified atom stereocenters. The van der Waals surface area contributed by atoms with E-state index in [0.717, 1.165) is 31.8 Å². The smallest absolute Gasteiger partial charge is 0.422 e. The molecular formula is C33H37F3N2O9. The lowest BCUT2D eigenvalue weighted by Gasteiger charge is -2.33. The van der Waals surface area contributed by atoms with E-state index in [-0.39, 0.29) is 48.8 Å². The lowest BCUT2D eigenvalue weighted by molar-refractivity contribution is -0.209. The molecule has 254 valence electrons. The van der Waals surface area contributed by atoms with Crippen LogP contribution in [0.25, 0.3) is 6.08 Å². The number of likely N-dealkylation sites (tertiary alicyclic amines) is 1. The Balaban J connectivity index is 1.17. The van der Waals surface area contributed by atoms with Gasteiger partial charge in [-0.15, -0.1) is 0 Å². The monoisotopic (exact) mass is 662 g/mol. The van der Waals surface area contributed by atoms with Crippen molar-refractivity contribution in [2.75, 3.05) is 26.3 Å². The van der Waals surface area contributed by atoms with Gasteiger partial charge in [0.25, 0.3) is 0 Å². The summed E-state index contributed by atoms with van der Waals surface area (Å²) in [5, 5.41) is 11.8. The molecule has 2 N–H and O–H groups in total. The van der Waals surface area contributed by atoms with Crippen LogP contribution in [0.5, 0.6) is 0 Å². The zero-order chi connectivity index (χ0) is 33.3. The average Bonchev–Trinajstić information content (AvgIpc) is 3.99. The van der Waals surface area contributed by atoms with Crippen molar-refractivity contribution in [2.24, 2.45) is 11.8 Å². The standard InChI is InChI=1S/C33H37F3N2O9/c34-32(35,36)18-44-27(40)12-5-19-3-6-20(7-4-19)31(43)45-25-16-21(30(42)38-14-1-2-24(38)29(41)37-13-15-39)17-26-28(25)47-33(46-26,22-8-9-22)23-10-11-23/h3-7,12,17,22-26,28,39H,1-2,8-11,13-16,18H2,(H,37,41)/t24-,25-,26-,28+/m1/s1. The summed E-state index contributed by atoms with van der Waals surface area (Å²) in [4.78, 5) is 53.1. The lowest BCUT2D eigenvalue weighted by atomic mass is 9.91.